The van der Waals surface area contributed by atoms with Crippen LogP contribution in [0.15, 0.2) is 18.2 Å². The maximum absolute atomic E-state index is 12.2. The molecule has 0 saturated carbocycles. The van der Waals surface area contributed by atoms with Crippen LogP contribution in [0.5, 0.6) is 5.75 Å². The van der Waals surface area contributed by atoms with Gasteiger partial charge in [0.05, 0.1) is 19.2 Å². The molecule has 2 N–H and O–H groups in total. The van der Waals surface area contributed by atoms with Crippen LogP contribution in [-0.4, -0.2) is 37.9 Å². The van der Waals surface area contributed by atoms with Crippen molar-refractivity contribution < 1.29 is 18.3 Å². The van der Waals surface area contributed by atoms with Crippen molar-refractivity contribution in [1.29, 1.82) is 0 Å². The van der Waals surface area contributed by atoms with Crippen LogP contribution in [0.1, 0.15) is 10.4 Å². The van der Waals surface area contributed by atoms with E-state index in [1.165, 1.54) is 26.3 Å². The lowest BCUT2D eigenvalue weighted by atomic mass is 10.1. The van der Waals surface area contributed by atoms with Gasteiger partial charge in [0.25, 0.3) is 12.3 Å². The van der Waals surface area contributed by atoms with Crippen LogP contribution in [0, 0.1) is 0 Å². The fourth-order valence-corrected chi connectivity index (χ4v) is 1.39. The third kappa shape index (κ3) is 3.30. The average Bonchev–Trinajstić information content (AvgIpc) is 2.27. The molecule has 0 heterocycles. The fraction of sp³-hybridized carbons (Fsp3) is 0.364. The highest BCUT2D eigenvalue weighted by Gasteiger charge is 2.19. The molecule has 0 fully saturated rings. The van der Waals surface area contributed by atoms with Crippen molar-refractivity contribution in [1.82, 2.24) is 4.90 Å². The predicted molar refractivity (Wildman–Crippen MR) is 60.4 cm³/mol. The first-order valence-electron chi connectivity index (χ1n) is 4.92. The van der Waals surface area contributed by atoms with Gasteiger partial charge in [-0.25, -0.2) is 8.78 Å². The lowest BCUT2D eigenvalue weighted by Crippen LogP contribution is -2.31. The Morgan fingerprint density at radius 2 is 2.18 bits per heavy atom. The number of ether oxygens (including phenoxy) is 1. The molecular weight excluding hydrogens is 230 g/mol. The minimum atomic E-state index is -2.57. The number of anilines is 1. The molecule has 6 heteroatoms. The number of amides is 1. The number of halogens is 2. The number of nitrogens with zero attached hydrogens (tertiary/aromatic N) is 1. The van der Waals surface area contributed by atoms with Crippen LogP contribution >= 0.6 is 0 Å². The van der Waals surface area contributed by atoms with E-state index in [1.807, 2.05) is 0 Å². The number of alkyl halides is 2. The number of hydrogen-bond acceptors (Lipinski definition) is 3. The molecular formula is C11H14F2N2O2. The van der Waals surface area contributed by atoms with E-state index in [1.54, 1.807) is 6.07 Å². The summed E-state index contributed by atoms with van der Waals surface area (Å²) in [5, 5.41) is 0. The minimum Gasteiger partial charge on any atom is -0.496 e. The summed E-state index contributed by atoms with van der Waals surface area (Å²) in [4.78, 5) is 12.8. The maximum Gasteiger partial charge on any atom is 0.257 e. The smallest absolute Gasteiger partial charge is 0.257 e. The third-order valence-corrected chi connectivity index (χ3v) is 2.21. The second-order valence-corrected chi connectivity index (χ2v) is 3.54. The van der Waals surface area contributed by atoms with Gasteiger partial charge >= 0.3 is 0 Å². The summed E-state index contributed by atoms with van der Waals surface area (Å²) in [5.41, 5.74) is 6.10. The number of methoxy groups -OCH3 is 1. The van der Waals surface area contributed by atoms with E-state index in [9.17, 15) is 13.6 Å². The zero-order valence-electron chi connectivity index (χ0n) is 9.61. The van der Waals surface area contributed by atoms with Crippen molar-refractivity contribution in [2.24, 2.45) is 0 Å². The molecule has 1 amide bonds. The first kappa shape index (κ1) is 13.2. The Bertz CT molecular complexity index is 410. The van der Waals surface area contributed by atoms with Crippen molar-refractivity contribution in [3.63, 3.8) is 0 Å². The predicted octanol–water partition coefficient (Wildman–Crippen LogP) is 1.61. The molecule has 1 aromatic rings. The molecule has 4 nitrogen and oxygen atoms in total. The number of nitrogens with two attached hydrogens (primary N) is 1. The summed E-state index contributed by atoms with van der Waals surface area (Å²) in [6, 6.07) is 4.50. The van der Waals surface area contributed by atoms with Crippen LogP contribution < -0.4 is 10.5 Å². The number of carbonyl (C=O) groups is 1. The van der Waals surface area contributed by atoms with Gasteiger partial charge in [-0.2, -0.15) is 0 Å². The molecule has 1 aromatic carbocycles. The zero-order chi connectivity index (χ0) is 13.0. The highest BCUT2D eigenvalue weighted by molar-refractivity contribution is 5.97. The fourth-order valence-electron chi connectivity index (χ4n) is 1.39. The molecule has 0 aliphatic rings. The van der Waals surface area contributed by atoms with E-state index in [0.29, 0.717) is 11.4 Å². The Morgan fingerprint density at radius 3 is 2.71 bits per heavy atom. The zero-order valence-corrected chi connectivity index (χ0v) is 9.61. The Balaban J connectivity index is 2.98. The van der Waals surface area contributed by atoms with E-state index < -0.39 is 18.9 Å². The van der Waals surface area contributed by atoms with E-state index in [0.717, 1.165) is 4.90 Å². The van der Waals surface area contributed by atoms with Crippen LogP contribution in [0.3, 0.4) is 0 Å². The summed E-state index contributed by atoms with van der Waals surface area (Å²) in [7, 11) is 2.70. The summed E-state index contributed by atoms with van der Waals surface area (Å²) < 4.78 is 29.3. The number of carbonyl (C=O) groups excluding carboxylic acids is 1. The van der Waals surface area contributed by atoms with Gasteiger partial charge in [0.1, 0.15) is 5.75 Å². The summed E-state index contributed by atoms with van der Waals surface area (Å²) >= 11 is 0. The Kier molecular flexibility index (Phi) is 4.25. The van der Waals surface area contributed by atoms with Crippen LogP contribution in [0.4, 0.5) is 14.5 Å². The standard InChI is InChI=1S/C11H14F2N2O2/c1-15(6-10(12)13)11(16)8-5-7(14)3-4-9(8)17-2/h3-5,10H,6,14H2,1-2H3. The molecule has 0 radical (unpaired) electrons. The van der Waals surface area contributed by atoms with E-state index in [2.05, 4.69) is 0 Å². The van der Waals surface area contributed by atoms with Crippen LogP contribution in [0.25, 0.3) is 0 Å². The number of nitrogen functional groups attached to an aromatic ring is 1. The van der Waals surface area contributed by atoms with Crippen molar-refractivity contribution in [3.05, 3.63) is 23.8 Å². The molecule has 0 atom stereocenters. The summed E-state index contributed by atoms with van der Waals surface area (Å²) in [6.07, 6.45) is -2.57. The second kappa shape index (κ2) is 5.47. The highest BCUT2D eigenvalue weighted by Crippen LogP contribution is 2.22. The molecule has 0 bridgehead atoms. The van der Waals surface area contributed by atoms with Gasteiger partial charge in [-0.15, -0.1) is 0 Å². The summed E-state index contributed by atoms with van der Waals surface area (Å²) in [6.45, 7) is -0.628. The normalized spacial score (nSPS) is 10.4. The van der Waals surface area contributed by atoms with Crippen LogP contribution in [0.2, 0.25) is 0 Å². The Labute approximate surface area is 98.0 Å². The first-order chi connectivity index (χ1) is 7.95. The van der Waals surface area contributed by atoms with Gasteiger partial charge in [-0.05, 0) is 18.2 Å². The first-order valence-corrected chi connectivity index (χ1v) is 4.92. The van der Waals surface area contributed by atoms with E-state index in [-0.39, 0.29) is 5.56 Å². The average molecular weight is 244 g/mol. The van der Waals surface area contributed by atoms with Crippen molar-refractivity contribution in [3.8, 4) is 5.75 Å². The molecule has 17 heavy (non-hydrogen) atoms. The van der Waals surface area contributed by atoms with Gasteiger partial charge in [-0.1, -0.05) is 0 Å². The van der Waals surface area contributed by atoms with E-state index >= 15 is 0 Å². The molecule has 0 aliphatic heterocycles. The number of hydrogen-bond donors (Lipinski definition) is 1. The Morgan fingerprint density at radius 1 is 1.53 bits per heavy atom. The van der Waals surface area contributed by atoms with Gasteiger partial charge in [0.15, 0.2) is 0 Å². The van der Waals surface area contributed by atoms with E-state index in [4.69, 9.17) is 10.5 Å². The molecule has 0 spiro atoms. The molecule has 1 rings (SSSR count). The minimum absolute atomic E-state index is 0.177. The monoisotopic (exact) mass is 244 g/mol. The van der Waals surface area contributed by atoms with Crippen LogP contribution in [-0.2, 0) is 0 Å². The largest absolute Gasteiger partial charge is 0.496 e. The Hall–Kier alpha value is -1.85. The number of benzene rings is 1. The SMILES string of the molecule is COc1ccc(N)cc1C(=O)N(C)CC(F)F. The topological polar surface area (TPSA) is 55.6 Å². The molecule has 0 aromatic heterocycles. The molecule has 94 valence electrons. The highest BCUT2D eigenvalue weighted by atomic mass is 19.3. The summed E-state index contributed by atoms with van der Waals surface area (Å²) in [5.74, 6) is -0.236. The maximum atomic E-state index is 12.2. The van der Waals surface area contributed by atoms with Gasteiger partial charge < -0.3 is 15.4 Å². The van der Waals surface area contributed by atoms with Gasteiger partial charge in [0.2, 0.25) is 0 Å². The quantitative estimate of drug-likeness (QED) is 0.819. The third-order valence-electron chi connectivity index (χ3n) is 2.21. The van der Waals surface area contributed by atoms with Gasteiger partial charge in [0, 0.05) is 12.7 Å². The van der Waals surface area contributed by atoms with Crippen molar-refractivity contribution >= 4 is 11.6 Å². The van der Waals surface area contributed by atoms with Crippen molar-refractivity contribution in [2.75, 3.05) is 26.4 Å². The lowest BCUT2D eigenvalue weighted by molar-refractivity contribution is 0.0617. The molecule has 0 saturated heterocycles. The lowest BCUT2D eigenvalue weighted by Gasteiger charge is -2.18. The second-order valence-electron chi connectivity index (χ2n) is 3.54. The molecule has 0 aliphatic carbocycles. The molecule has 0 unspecified atom stereocenters. The van der Waals surface area contributed by atoms with Gasteiger partial charge in [-0.3, -0.25) is 4.79 Å². The number of rotatable bonds is 4. The van der Waals surface area contributed by atoms with Crippen molar-refractivity contribution in [2.45, 2.75) is 6.43 Å².